The molecule has 2 unspecified atom stereocenters. The van der Waals surface area contributed by atoms with Crippen LogP contribution in [0.15, 0.2) is 48.5 Å². The topological polar surface area (TPSA) is 52.6 Å². The summed E-state index contributed by atoms with van der Waals surface area (Å²) < 4.78 is 0. The van der Waals surface area contributed by atoms with Crippen molar-refractivity contribution in [1.29, 1.82) is 0 Å². The van der Waals surface area contributed by atoms with Crippen LogP contribution in [0.3, 0.4) is 0 Å². The lowest BCUT2D eigenvalue weighted by Crippen LogP contribution is -2.44. The zero-order chi connectivity index (χ0) is 17.1. The number of hydrogen-bond donors (Lipinski definition) is 2. The molecule has 4 nitrogen and oxygen atoms in total. The van der Waals surface area contributed by atoms with Gasteiger partial charge in [-0.25, -0.2) is 0 Å². The maximum atomic E-state index is 12.7. The second-order valence-corrected chi connectivity index (χ2v) is 6.42. The molecule has 1 aliphatic rings. The molecule has 0 aromatic heterocycles. The van der Waals surface area contributed by atoms with E-state index in [1.54, 1.807) is 6.92 Å². The molecule has 4 heteroatoms. The van der Waals surface area contributed by atoms with Crippen LogP contribution in [0.2, 0.25) is 0 Å². The van der Waals surface area contributed by atoms with Gasteiger partial charge in [-0.15, -0.1) is 0 Å². The third kappa shape index (κ3) is 3.50. The van der Waals surface area contributed by atoms with E-state index in [2.05, 4.69) is 28.4 Å². The Morgan fingerprint density at radius 3 is 2.50 bits per heavy atom. The summed E-state index contributed by atoms with van der Waals surface area (Å²) in [6.45, 7) is 5.32. The molecule has 24 heavy (non-hydrogen) atoms. The van der Waals surface area contributed by atoms with Gasteiger partial charge in [0.05, 0.1) is 12.1 Å². The lowest BCUT2D eigenvalue weighted by atomic mass is 9.98. The van der Waals surface area contributed by atoms with Gasteiger partial charge in [-0.2, -0.15) is 0 Å². The molecule has 2 aromatic carbocycles. The molecule has 2 atom stereocenters. The molecule has 0 saturated carbocycles. The van der Waals surface area contributed by atoms with Crippen molar-refractivity contribution in [2.24, 2.45) is 0 Å². The van der Waals surface area contributed by atoms with E-state index in [1.165, 1.54) is 11.1 Å². The molecule has 0 saturated heterocycles. The van der Waals surface area contributed by atoms with Gasteiger partial charge in [0.2, 0.25) is 5.91 Å². The minimum Gasteiger partial charge on any atom is -0.389 e. The summed E-state index contributed by atoms with van der Waals surface area (Å²) in [5.41, 5.74) is 4.09. The average Bonchev–Trinajstić information content (AvgIpc) is 2.61. The highest BCUT2D eigenvalue weighted by atomic mass is 16.3. The van der Waals surface area contributed by atoms with Crippen LogP contribution < -0.4 is 5.32 Å². The molecule has 3 rings (SSSR count). The lowest BCUT2D eigenvalue weighted by Gasteiger charge is -2.33. The maximum absolute atomic E-state index is 12.7. The van der Waals surface area contributed by atoms with Crippen molar-refractivity contribution in [3.05, 3.63) is 65.2 Å². The first-order chi connectivity index (χ1) is 11.6. The van der Waals surface area contributed by atoms with Crippen LogP contribution in [0, 0.1) is 0 Å². The van der Waals surface area contributed by atoms with Crippen molar-refractivity contribution in [3.63, 3.8) is 0 Å². The molecule has 0 fully saturated rings. The van der Waals surface area contributed by atoms with Gasteiger partial charge in [-0.3, -0.25) is 9.69 Å². The van der Waals surface area contributed by atoms with Gasteiger partial charge < -0.3 is 10.4 Å². The Morgan fingerprint density at radius 1 is 1.08 bits per heavy atom. The van der Waals surface area contributed by atoms with Crippen LogP contribution in [-0.4, -0.2) is 28.5 Å². The van der Waals surface area contributed by atoms with Crippen molar-refractivity contribution in [2.45, 2.75) is 39.0 Å². The predicted octanol–water partition coefficient (Wildman–Crippen LogP) is 3.13. The second-order valence-electron chi connectivity index (χ2n) is 6.42. The lowest BCUT2D eigenvalue weighted by molar-refractivity contribution is -0.121. The van der Waals surface area contributed by atoms with E-state index in [1.807, 2.05) is 37.3 Å². The van der Waals surface area contributed by atoms with Gasteiger partial charge >= 0.3 is 0 Å². The number of fused-ring (bicyclic) bond motifs is 1. The van der Waals surface area contributed by atoms with Crippen LogP contribution in [0.25, 0.3) is 0 Å². The maximum Gasteiger partial charge on any atom is 0.241 e. The highest BCUT2D eigenvalue weighted by Gasteiger charge is 2.25. The summed E-state index contributed by atoms with van der Waals surface area (Å²) in [5, 5.41) is 12.8. The van der Waals surface area contributed by atoms with E-state index in [4.69, 9.17) is 0 Å². The first kappa shape index (κ1) is 16.7. The Balaban J connectivity index is 1.70. The molecule has 0 spiro atoms. The highest BCUT2D eigenvalue weighted by molar-refractivity contribution is 5.95. The van der Waals surface area contributed by atoms with Gasteiger partial charge in [0.25, 0.3) is 0 Å². The molecule has 0 radical (unpaired) electrons. The van der Waals surface area contributed by atoms with E-state index < -0.39 is 6.10 Å². The smallest absolute Gasteiger partial charge is 0.241 e. The molecule has 1 amide bonds. The molecular formula is C20H24N2O2. The van der Waals surface area contributed by atoms with Crippen LogP contribution >= 0.6 is 0 Å². The van der Waals surface area contributed by atoms with E-state index in [-0.39, 0.29) is 11.9 Å². The van der Waals surface area contributed by atoms with E-state index in [9.17, 15) is 9.90 Å². The molecule has 126 valence electrons. The fourth-order valence-electron chi connectivity index (χ4n) is 3.23. The Bertz CT molecular complexity index is 727. The third-order valence-corrected chi connectivity index (χ3v) is 4.76. The number of carbonyl (C=O) groups excluding carboxylic acids is 1. The number of carbonyl (C=O) groups is 1. The first-order valence-corrected chi connectivity index (χ1v) is 8.45. The number of aliphatic hydroxyl groups excluding tert-OH is 1. The number of hydrogen-bond acceptors (Lipinski definition) is 3. The summed E-state index contributed by atoms with van der Waals surface area (Å²) in [6.07, 6.45) is 0.358. The molecule has 0 bridgehead atoms. The summed E-state index contributed by atoms with van der Waals surface area (Å²) in [5.74, 6) is -0.0394. The van der Waals surface area contributed by atoms with E-state index in [0.29, 0.717) is 5.69 Å². The number of nitrogens with one attached hydrogen (secondary N) is 1. The summed E-state index contributed by atoms with van der Waals surface area (Å²) in [4.78, 5) is 14.9. The molecule has 0 aliphatic carbocycles. The van der Waals surface area contributed by atoms with Gasteiger partial charge in [0.15, 0.2) is 0 Å². The molecule has 2 aromatic rings. The number of amides is 1. The number of aliphatic hydroxyl groups is 1. The predicted molar refractivity (Wildman–Crippen MR) is 95.7 cm³/mol. The van der Waals surface area contributed by atoms with Crippen LogP contribution in [-0.2, 0) is 17.8 Å². The Labute approximate surface area is 143 Å². The van der Waals surface area contributed by atoms with Crippen molar-refractivity contribution in [3.8, 4) is 0 Å². The standard InChI is InChI=1S/C20H24N2O2/c1-14(22-12-11-16-7-3-4-8-17(16)13-22)20(24)21-19-10-6-5-9-18(19)15(2)23/h3-10,14-15,23H,11-13H2,1-2H3,(H,21,24). The summed E-state index contributed by atoms with van der Waals surface area (Å²) >= 11 is 0. The van der Waals surface area contributed by atoms with Gasteiger partial charge in [-0.1, -0.05) is 42.5 Å². The summed E-state index contributed by atoms with van der Waals surface area (Å²) in [7, 11) is 0. The number of anilines is 1. The van der Waals surface area contributed by atoms with Gasteiger partial charge in [0.1, 0.15) is 0 Å². The second kappa shape index (κ2) is 7.16. The van der Waals surface area contributed by atoms with Crippen molar-refractivity contribution < 1.29 is 9.90 Å². The highest BCUT2D eigenvalue weighted by Crippen LogP contribution is 2.24. The van der Waals surface area contributed by atoms with Crippen LogP contribution in [0.5, 0.6) is 0 Å². The average molecular weight is 324 g/mol. The fourth-order valence-corrected chi connectivity index (χ4v) is 3.23. The summed E-state index contributed by atoms with van der Waals surface area (Å²) in [6, 6.07) is 15.6. The number of benzene rings is 2. The van der Waals surface area contributed by atoms with Crippen LogP contribution in [0.1, 0.15) is 36.6 Å². The first-order valence-electron chi connectivity index (χ1n) is 8.45. The minimum atomic E-state index is -0.612. The zero-order valence-corrected chi connectivity index (χ0v) is 14.2. The Hall–Kier alpha value is -2.17. The van der Waals surface area contributed by atoms with E-state index in [0.717, 1.165) is 25.1 Å². The SMILES string of the molecule is CC(O)c1ccccc1NC(=O)C(C)N1CCc2ccccc2C1. The molecule has 1 heterocycles. The van der Waals surface area contributed by atoms with Crippen molar-refractivity contribution >= 4 is 11.6 Å². The quantitative estimate of drug-likeness (QED) is 0.908. The third-order valence-electron chi connectivity index (χ3n) is 4.76. The van der Waals surface area contributed by atoms with Crippen LogP contribution in [0.4, 0.5) is 5.69 Å². The molecule has 2 N–H and O–H groups in total. The fraction of sp³-hybridized carbons (Fsp3) is 0.350. The largest absolute Gasteiger partial charge is 0.389 e. The van der Waals surface area contributed by atoms with E-state index >= 15 is 0 Å². The number of nitrogens with zero attached hydrogens (tertiary/aromatic N) is 1. The Kier molecular flexibility index (Phi) is 4.97. The normalized spacial score (nSPS) is 17.0. The number of rotatable bonds is 4. The molecular weight excluding hydrogens is 300 g/mol. The zero-order valence-electron chi connectivity index (χ0n) is 14.2. The number of para-hydroxylation sites is 1. The van der Waals surface area contributed by atoms with Gasteiger partial charge in [-0.05, 0) is 37.5 Å². The monoisotopic (exact) mass is 324 g/mol. The van der Waals surface area contributed by atoms with Crippen molar-refractivity contribution in [2.75, 3.05) is 11.9 Å². The Morgan fingerprint density at radius 2 is 1.75 bits per heavy atom. The minimum absolute atomic E-state index is 0.0394. The van der Waals surface area contributed by atoms with Crippen molar-refractivity contribution in [1.82, 2.24) is 4.90 Å². The molecule has 1 aliphatic heterocycles. The van der Waals surface area contributed by atoms with Gasteiger partial charge in [0, 0.05) is 24.3 Å².